The lowest BCUT2D eigenvalue weighted by Gasteiger charge is -2.08. The predicted octanol–water partition coefficient (Wildman–Crippen LogP) is 0.0844. The molecule has 6 nitrogen and oxygen atoms in total. The van der Waals surface area contributed by atoms with Gasteiger partial charge < -0.3 is 0 Å². The van der Waals surface area contributed by atoms with Crippen molar-refractivity contribution in [1.29, 1.82) is 0 Å². The van der Waals surface area contributed by atoms with Gasteiger partial charge in [0, 0.05) is 13.5 Å². The van der Waals surface area contributed by atoms with Gasteiger partial charge in [0.05, 0.1) is 19.1 Å². The SMILES string of the molecule is CC(F)(F)CNS(C)(=O)=O.CC(F)CNS(C)(=O)=O. The summed E-state index contributed by atoms with van der Waals surface area (Å²) < 4.78 is 80.4. The highest BCUT2D eigenvalue weighted by atomic mass is 32.2. The van der Waals surface area contributed by atoms with Gasteiger partial charge in [-0.25, -0.2) is 39.5 Å². The van der Waals surface area contributed by atoms with Gasteiger partial charge in [-0.15, -0.1) is 0 Å². The van der Waals surface area contributed by atoms with Crippen molar-refractivity contribution in [3.05, 3.63) is 0 Å². The van der Waals surface area contributed by atoms with Crippen molar-refractivity contribution in [3.8, 4) is 0 Å². The third kappa shape index (κ3) is 27.0. The molecule has 19 heavy (non-hydrogen) atoms. The van der Waals surface area contributed by atoms with Gasteiger partial charge in [-0.3, -0.25) is 0 Å². The van der Waals surface area contributed by atoms with Crippen LogP contribution in [0.15, 0.2) is 0 Å². The summed E-state index contributed by atoms with van der Waals surface area (Å²) in [4.78, 5) is 0. The van der Waals surface area contributed by atoms with Gasteiger partial charge in [0.1, 0.15) is 6.17 Å². The zero-order valence-electron chi connectivity index (χ0n) is 11.1. The lowest BCUT2D eigenvalue weighted by molar-refractivity contribution is 0.0282. The highest BCUT2D eigenvalue weighted by molar-refractivity contribution is 7.89. The Morgan fingerprint density at radius 3 is 1.53 bits per heavy atom. The summed E-state index contributed by atoms with van der Waals surface area (Å²) >= 11 is 0. The van der Waals surface area contributed by atoms with Crippen molar-refractivity contribution in [2.24, 2.45) is 0 Å². The highest BCUT2D eigenvalue weighted by Crippen LogP contribution is 2.08. The Morgan fingerprint density at radius 2 is 1.42 bits per heavy atom. The van der Waals surface area contributed by atoms with Crippen molar-refractivity contribution in [2.45, 2.75) is 25.9 Å². The lowest BCUT2D eigenvalue weighted by Crippen LogP contribution is -2.33. The van der Waals surface area contributed by atoms with Crippen molar-refractivity contribution in [2.75, 3.05) is 25.6 Å². The van der Waals surface area contributed by atoms with Crippen molar-refractivity contribution < 1.29 is 30.0 Å². The molecule has 0 aliphatic heterocycles. The molecule has 0 saturated heterocycles. The second kappa shape index (κ2) is 8.02. The number of alkyl halides is 3. The molecule has 0 amide bonds. The monoisotopic (exact) mass is 328 g/mol. The zero-order chi connectivity index (χ0) is 15.9. The first-order valence-corrected chi connectivity index (χ1v) is 8.82. The van der Waals surface area contributed by atoms with E-state index in [2.05, 4.69) is 0 Å². The summed E-state index contributed by atoms with van der Waals surface area (Å²) in [7, 11) is -6.70. The van der Waals surface area contributed by atoms with E-state index in [1.54, 1.807) is 4.72 Å². The molecule has 0 aromatic carbocycles. The minimum atomic E-state index is -3.49. The predicted molar refractivity (Wildman–Crippen MR) is 66.9 cm³/mol. The maximum Gasteiger partial charge on any atom is 0.258 e. The van der Waals surface area contributed by atoms with Gasteiger partial charge >= 0.3 is 0 Å². The summed E-state index contributed by atoms with van der Waals surface area (Å²) in [6.07, 6.45) is 0.702. The Hall–Kier alpha value is -0.390. The van der Waals surface area contributed by atoms with Gasteiger partial charge in [0.2, 0.25) is 20.0 Å². The standard InChI is InChI=1S/C4H9F2NO2S.C4H10FNO2S/c1-4(5,6)3-7-10(2,8)9;1-4(5)3-6-9(2,7)8/h7H,3H2,1-2H3;4,6H,3H2,1-2H3. The average molecular weight is 328 g/mol. The molecule has 2 N–H and O–H groups in total. The number of rotatable bonds is 6. The molecule has 0 heterocycles. The van der Waals surface area contributed by atoms with Crippen molar-refractivity contribution in [1.82, 2.24) is 9.44 Å². The Labute approximate surface area is 111 Å². The maximum atomic E-state index is 11.9. The molecule has 118 valence electrons. The van der Waals surface area contributed by atoms with E-state index in [0.717, 1.165) is 12.5 Å². The molecule has 0 aliphatic rings. The van der Waals surface area contributed by atoms with Crippen LogP contribution in [0, 0.1) is 0 Å². The van der Waals surface area contributed by atoms with Crippen molar-refractivity contribution in [3.63, 3.8) is 0 Å². The second-order valence-corrected chi connectivity index (χ2v) is 7.73. The Kier molecular flexibility index (Phi) is 8.83. The fourth-order valence-corrected chi connectivity index (χ4v) is 1.57. The highest BCUT2D eigenvalue weighted by Gasteiger charge is 2.22. The molecule has 0 rings (SSSR count). The van der Waals surface area contributed by atoms with Gasteiger partial charge in [0.25, 0.3) is 5.92 Å². The van der Waals surface area contributed by atoms with Gasteiger partial charge in [-0.1, -0.05) is 0 Å². The summed E-state index contributed by atoms with van der Waals surface area (Å²) in [5, 5.41) is 0. The Balaban J connectivity index is 0. The second-order valence-electron chi connectivity index (χ2n) is 4.06. The number of nitrogens with one attached hydrogen (secondary N) is 2. The van der Waals surface area contributed by atoms with Crippen molar-refractivity contribution >= 4 is 20.0 Å². The fraction of sp³-hybridized carbons (Fsp3) is 1.00. The molecule has 0 fully saturated rings. The number of hydrogen-bond acceptors (Lipinski definition) is 4. The minimum Gasteiger partial charge on any atom is -0.246 e. The van der Waals surface area contributed by atoms with Crippen LogP contribution in [0.1, 0.15) is 13.8 Å². The van der Waals surface area contributed by atoms with Crippen LogP contribution in [0.4, 0.5) is 13.2 Å². The Bertz CT molecular complexity index is 443. The summed E-state index contributed by atoms with van der Waals surface area (Å²) in [6, 6.07) is 0. The maximum absolute atomic E-state index is 11.9. The van der Waals surface area contributed by atoms with Gasteiger partial charge in [-0.05, 0) is 6.92 Å². The molecule has 0 aromatic rings. The van der Waals surface area contributed by atoms with Crippen LogP contribution in [-0.2, 0) is 20.0 Å². The third-order valence-electron chi connectivity index (χ3n) is 1.27. The van der Waals surface area contributed by atoms with E-state index in [1.165, 1.54) is 6.92 Å². The quantitative estimate of drug-likeness (QED) is 0.722. The summed E-state index contributed by atoms with van der Waals surface area (Å²) in [6.45, 7) is 0.952. The van der Waals surface area contributed by atoms with E-state index in [4.69, 9.17) is 0 Å². The zero-order valence-corrected chi connectivity index (χ0v) is 12.7. The Morgan fingerprint density at radius 1 is 1.05 bits per heavy atom. The van der Waals surface area contributed by atoms with E-state index >= 15 is 0 Å². The van der Waals surface area contributed by atoms with Crippen LogP contribution in [0.3, 0.4) is 0 Å². The minimum absolute atomic E-state index is 0.140. The molecule has 0 aromatic heterocycles. The van der Waals surface area contributed by atoms with Crippen LogP contribution in [0.25, 0.3) is 0 Å². The summed E-state index contributed by atoms with van der Waals surface area (Å²) in [5.74, 6) is -2.98. The number of hydrogen-bond donors (Lipinski definition) is 2. The van der Waals surface area contributed by atoms with Crippen LogP contribution >= 0.6 is 0 Å². The van der Waals surface area contributed by atoms with Gasteiger partial charge in [-0.2, -0.15) is 0 Å². The van der Waals surface area contributed by atoms with E-state index in [-0.39, 0.29) is 6.54 Å². The molecule has 0 bridgehead atoms. The molecular weight excluding hydrogens is 309 g/mol. The molecule has 0 radical (unpaired) electrons. The molecule has 0 spiro atoms. The van der Waals surface area contributed by atoms with Crippen LogP contribution < -0.4 is 9.44 Å². The molecular formula is C8H19F3N2O4S2. The number of halogens is 3. The molecule has 0 saturated carbocycles. The molecule has 1 atom stereocenters. The first-order valence-electron chi connectivity index (χ1n) is 5.03. The average Bonchev–Trinajstić information content (AvgIpc) is 2.10. The van der Waals surface area contributed by atoms with Crippen LogP contribution in [0.5, 0.6) is 0 Å². The van der Waals surface area contributed by atoms with Gasteiger partial charge in [0.15, 0.2) is 0 Å². The largest absolute Gasteiger partial charge is 0.258 e. The fourth-order valence-electron chi connectivity index (χ4n) is 0.524. The summed E-state index contributed by atoms with van der Waals surface area (Å²) in [5.41, 5.74) is 0. The normalized spacial score (nSPS) is 14.5. The van der Waals surface area contributed by atoms with E-state index in [9.17, 15) is 30.0 Å². The topological polar surface area (TPSA) is 92.3 Å². The smallest absolute Gasteiger partial charge is 0.246 e. The van der Waals surface area contributed by atoms with E-state index in [0.29, 0.717) is 6.92 Å². The first kappa shape index (κ1) is 20.9. The first-order chi connectivity index (χ1) is 8.12. The van der Waals surface area contributed by atoms with E-state index in [1.807, 2.05) is 4.72 Å². The molecule has 0 aliphatic carbocycles. The molecule has 11 heteroatoms. The molecule has 1 unspecified atom stereocenters. The number of sulfonamides is 2. The van der Waals surface area contributed by atoms with Crippen LogP contribution in [0.2, 0.25) is 0 Å². The van der Waals surface area contributed by atoms with Crippen LogP contribution in [-0.4, -0.2) is 54.5 Å². The lowest BCUT2D eigenvalue weighted by atomic mass is 10.4. The van der Waals surface area contributed by atoms with E-state index < -0.39 is 38.7 Å². The third-order valence-corrected chi connectivity index (χ3v) is 2.63.